The SMILES string of the molecule is CC(C)c1nc2c(N3CCNCC3)cccc2n1S(=O)(=O)c1ccccc1Cl. The Morgan fingerprint density at radius 1 is 1.07 bits per heavy atom. The Balaban J connectivity index is 1.98. The van der Waals surface area contributed by atoms with Crippen molar-refractivity contribution >= 4 is 38.3 Å². The zero-order chi connectivity index (χ0) is 19.9. The van der Waals surface area contributed by atoms with E-state index in [1.807, 2.05) is 32.0 Å². The minimum absolute atomic E-state index is 0.0689. The van der Waals surface area contributed by atoms with Gasteiger partial charge in [0, 0.05) is 32.1 Å². The number of halogens is 1. The van der Waals surface area contributed by atoms with Crippen molar-refractivity contribution in [1.82, 2.24) is 14.3 Å². The lowest BCUT2D eigenvalue weighted by molar-refractivity contribution is 0.583. The van der Waals surface area contributed by atoms with E-state index >= 15 is 0 Å². The van der Waals surface area contributed by atoms with Crippen molar-refractivity contribution in [2.24, 2.45) is 0 Å². The summed E-state index contributed by atoms with van der Waals surface area (Å²) >= 11 is 6.23. The molecule has 1 aliphatic rings. The molecule has 0 radical (unpaired) electrons. The van der Waals surface area contributed by atoms with Crippen LogP contribution in [0.4, 0.5) is 5.69 Å². The van der Waals surface area contributed by atoms with E-state index in [-0.39, 0.29) is 15.8 Å². The first kappa shape index (κ1) is 19.2. The largest absolute Gasteiger partial charge is 0.367 e. The first-order valence-corrected chi connectivity index (χ1v) is 11.2. The highest BCUT2D eigenvalue weighted by atomic mass is 35.5. The molecule has 1 aromatic heterocycles. The van der Waals surface area contributed by atoms with Crippen molar-refractivity contribution in [3.05, 3.63) is 53.3 Å². The lowest BCUT2D eigenvalue weighted by atomic mass is 10.2. The number of anilines is 1. The molecule has 28 heavy (non-hydrogen) atoms. The topological polar surface area (TPSA) is 67.2 Å². The fraction of sp³-hybridized carbons (Fsp3) is 0.350. The van der Waals surface area contributed by atoms with Crippen LogP contribution in [0, 0.1) is 0 Å². The molecule has 2 aromatic carbocycles. The molecule has 148 valence electrons. The van der Waals surface area contributed by atoms with Crippen LogP contribution in [0.5, 0.6) is 0 Å². The Hall–Kier alpha value is -2.09. The average Bonchev–Trinajstić information content (AvgIpc) is 3.10. The summed E-state index contributed by atoms with van der Waals surface area (Å²) in [5.74, 6) is 0.443. The van der Waals surface area contributed by atoms with Gasteiger partial charge in [-0.3, -0.25) is 0 Å². The van der Waals surface area contributed by atoms with Crippen LogP contribution < -0.4 is 10.2 Å². The summed E-state index contributed by atoms with van der Waals surface area (Å²) < 4.78 is 28.5. The van der Waals surface area contributed by atoms with E-state index in [1.165, 1.54) is 10.0 Å². The van der Waals surface area contributed by atoms with E-state index in [0.29, 0.717) is 16.9 Å². The second kappa shape index (κ2) is 7.39. The molecule has 0 aliphatic carbocycles. The molecule has 0 bridgehead atoms. The Labute approximate surface area is 170 Å². The summed E-state index contributed by atoms with van der Waals surface area (Å²) in [5, 5.41) is 3.55. The van der Waals surface area contributed by atoms with E-state index in [0.717, 1.165) is 31.9 Å². The zero-order valence-corrected chi connectivity index (χ0v) is 17.5. The maximum atomic E-state index is 13.6. The summed E-state index contributed by atoms with van der Waals surface area (Å²) in [4.78, 5) is 7.13. The normalized spacial score (nSPS) is 15.5. The lowest BCUT2D eigenvalue weighted by Gasteiger charge is -2.29. The predicted molar refractivity (Wildman–Crippen MR) is 113 cm³/mol. The molecule has 1 fully saturated rings. The minimum Gasteiger partial charge on any atom is -0.367 e. The molecule has 0 amide bonds. The molecule has 8 heteroatoms. The molecular weight excluding hydrogens is 396 g/mol. The highest BCUT2D eigenvalue weighted by molar-refractivity contribution is 7.90. The molecule has 4 rings (SSSR count). The van der Waals surface area contributed by atoms with Gasteiger partial charge in [-0.05, 0) is 24.3 Å². The molecule has 6 nitrogen and oxygen atoms in total. The number of imidazole rings is 1. The third kappa shape index (κ3) is 3.17. The number of nitrogens with one attached hydrogen (secondary N) is 1. The fourth-order valence-electron chi connectivity index (χ4n) is 3.61. The summed E-state index contributed by atoms with van der Waals surface area (Å²) in [5.41, 5.74) is 2.26. The van der Waals surface area contributed by atoms with Gasteiger partial charge in [-0.1, -0.05) is 43.6 Å². The minimum atomic E-state index is -3.88. The molecule has 0 spiro atoms. The van der Waals surface area contributed by atoms with Crippen LogP contribution in [-0.2, 0) is 10.0 Å². The molecule has 2 heterocycles. The standard InChI is InChI=1S/C20H23ClN4O2S/c1-14(2)20-23-19-16(24-12-10-22-11-13-24)7-5-8-17(19)25(20)28(26,27)18-9-4-3-6-15(18)21/h3-9,14,22H,10-13H2,1-2H3. The molecule has 3 aromatic rings. The molecular formula is C20H23ClN4O2S. The Bertz CT molecular complexity index is 1120. The number of benzene rings is 2. The van der Waals surface area contributed by atoms with Crippen LogP contribution in [-0.4, -0.2) is 43.6 Å². The van der Waals surface area contributed by atoms with Gasteiger partial charge in [-0.15, -0.1) is 0 Å². The maximum Gasteiger partial charge on any atom is 0.271 e. The first-order valence-electron chi connectivity index (χ1n) is 9.38. The van der Waals surface area contributed by atoms with E-state index in [2.05, 4.69) is 10.2 Å². The smallest absolute Gasteiger partial charge is 0.271 e. The summed E-state index contributed by atoms with van der Waals surface area (Å²) in [6.07, 6.45) is 0. The highest BCUT2D eigenvalue weighted by Crippen LogP contribution is 2.34. The predicted octanol–water partition coefficient (Wildman–Crippen LogP) is 3.46. The van der Waals surface area contributed by atoms with Crippen molar-refractivity contribution in [2.75, 3.05) is 31.1 Å². The van der Waals surface area contributed by atoms with Crippen molar-refractivity contribution in [2.45, 2.75) is 24.7 Å². The number of hydrogen-bond acceptors (Lipinski definition) is 5. The van der Waals surface area contributed by atoms with Gasteiger partial charge in [0.05, 0.1) is 16.2 Å². The van der Waals surface area contributed by atoms with Gasteiger partial charge in [0.25, 0.3) is 10.0 Å². The van der Waals surface area contributed by atoms with Crippen LogP contribution in [0.2, 0.25) is 5.02 Å². The number of rotatable bonds is 4. The van der Waals surface area contributed by atoms with Gasteiger partial charge in [0.2, 0.25) is 0 Å². The molecule has 1 N–H and O–H groups in total. The second-order valence-corrected chi connectivity index (χ2v) is 9.37. The number of aromatic nitrogens is 2. The van der Waals surface area contributed by atoms with Crippen molar-refractivity contribution in [1.29, 1.82) is 0 Å². The third-order valence-electron chi connectivity index (χ3n) is 4.98. The van der Waals surface area contributed by atoms with E-state index in [4.69, 9.17) is 16.6 Å². The Kier molecular flexibility index (Phi) is 5.07. The number of nitrogens with zero attached hydrogens (tertiary/aromatic N) is 3. The van der Waals surface area contributed by atoms with Crippen molar-refractivity contribution in [3.8, 4) is 0 Å². The van der Waals surface area contributed by atoms with Crippen LogP contribution in [0.15, 0.2) is 47.4 Å². The third-order valence-corrected chi connectivity index (χ3v) is 7.19. The lowest BCUT2D eigenvalue weighted by Crippen LogP contribution is -2.43. The van der Waals surface area contributed by atoms with E-state index in [9.17, 15) is 8.42 Å². The molecule has 0 saturated carbocycles. The van der Waals surface area contributed by atoms with Gasteiger partial charge >= 0.3 is 0 Å². The summed E-state index contributed by atoms with van der Waals surface area (Å²) in [7, 11) is -3.88. The van der Waals surface area contributed by atoms with Crippen LogP contribution >= 0.6 is 11.6 Å². The zero-order valence-electron chi connectivity index (χ0n) is 15.9. The van der Waals surface area contributed by atoms with Gasteiger partial charge in [-0.25, -0.2) is 17.4 Å². The molecule has 0 unspecified atom stereocenters. The van der Waals surface area contributed by atoms with Crippen LogP contribution in [0.3, 0.4) is 0 Å². The fourth-order valence-corrected chi connectivity index (χ4v) is 5.70. The van der Waals surface area contributed by atoms with Gasteiger partial charge in [0.15, 0.2) is 0 Å². The van der Waals surface area contributed by atoms with Gasteiger partial charge < -0.3 is 10.2 Å². The number of hydrogen-bond donors (Lipinski definition) is 1. The van der Waals surface area contributed by atoms with Crippen molar-refractivity contribution < 1.29 is 8.42 Å². The Morgan fingerprint density at radius 2 is 1.79 bits per heavy atom. The summed E-state index contributed by atoms with van der Waals surface area (Å²) in [6, 6.07) is 12.2. The van der Waals surface area contributed by atoms with Crippen LogP contribution in [0.25, 0.3) is 11.0 Å². The maximum absolute atomic E-state index is 13.6. The summed E-state index contributed by atoms with van der Waals surface area (Å²) in [6.45, 7) is 7.41. The van der Waals surface area contributed by atoms with Gasteiger partial charge in [-0.2, -0.15) is 0 Å². The first-order chi connectivity index (χ1) is 13.4. The van der Waals surface area contributed by atoms with E-state index in [1.54, 1.807) is 18.2 Å². The monoisotopic (exact) mass is 418 g/mol. The Morgan fingerprint density at radius 3 is 2.46 bits per heavy atom. The molecule has 1 saturated heterocycles. The van der Waals surface area contributed by atoms with Crippen LogP contribution in [0.1, 0.15) is 25.6 Å². The number of piperazine rings is 1. The second-order valence-electron chi connectivity index (χ2n) is 7.21. The quantitative estimate of drug-likeness (QED) is 0.702. The highest BCUT2D eigenvalue weighted by Gasteiger charge is 2.29. The number of para-hydroxylation sites is 1. The average molecular weight is 419 g/mol. The molecule has 0 atom stereocenters. The van der Waals surface area contributed by atoms with Crippen molar-refractivity contribution in [3.63, 3.8) is 0 Å². The molecule has 1 aliphatic heterocycles. The number of fused-ring (bicyclic) bond motifs is 1. The van der Waals surface area contributed by atoms with E-state index < -0.39 is 10.0 Å². The van der Waals surface area contributed by atoms with Gasteiger partial charge in [0.1, 0.15) is 16.2 Å².